The molecular weight excluding hydrogens is 377 g/mol. The summed E-state index contributed by atoms with van der Waals surface area (Å²) in [6.45, 7) is 0.721. The van der Waals surface area contributed by atoms with Crippen LogP contribution in [-0.4, -0.2) is 17.5 Å². The fourth-order valence-electron chi connectivity index (χ4n) is 2.49. The number of carbonyl (C=O) groups excluding carboxylic acids is 1. The normalized spacial score (nSPS) is 11.4. The summed E-state index contributed by atoms with van der Waals surface area (Å²) in [5.74, 6) is 0.628. The van der Waals surface area contributed by atoms with Gasteiger partial charge in [-0.15, -0.1) is 11.3 Å². The highest BCUT2D eigenvalue weighted by molar-refractivity contribution is 7.09. The van der Waals surface area contributed by atoms with E-state index in [-0.39, 0.29) is 6.54 Å². The van der Waals surface area contributed by atoms with Gasteiger partial charge in [0.15, 0.2) is 0 Å². The second kappa shape index (κ2) is 8.30. The summed E-state index contributed by atoms with van der Waals surface area (Å²) in [6.07, 6.45) is -2.20. The average Bonchev–Trinajstić information content (AvgIpc) is 3.32. The number of benzene rings is 1. The van der Waals surface area contributed by atoms with Crippen molar-refractivity contribution in [1.82, 2.24) is 4.90 Å². The number of urea groups is 1. The van der Waals surface area contributed by atoms with Gasteiger partial charge in [-0.05, 0) is 54.3 Å². The van der Waals surface area contributed by atoms with Gasteiger partial charge in [-0.2, -0.15) is 13.2 Å². The number of nitrogens with zero attached hydrogens (tertiary/aromatic N) is 1. The lowest BCUT2D eigenvalue weighted by Crippen LogP contribution is -2.35. The summed E-state index contributed by atoms with van der Waals surface area (Å²) in [6, 6.07) is 11.4. The molecule has 0 saturated heterocycles. The standard InChI is InChI=1S/C19H17F3N2O2S/c20-19(21,22)14-5-7-15(8-6-14)23-18(25)24(13-16-3-1-11-26-16)10-9-17-4-2-12-27-17/h1-8,11-12H,9-10,13H2,(H,23,25). The highest BCUT2D eigenvalue weighted by Crippen LogP contribution is 2.29. The van der Waals surface area contributed by atoms with Crippen LogP contribution in [0.1, 0.15) is 16.2 Å². The molecule has 4 nitrogen and oxygen atoms in total. The third-order valence-corrected chi connectivity index (χ3v) is 4.82. The van der Waals surface area contributed by atoms with Gasteiger partial charge in [-0.1, -0.05) is 6.07 Å². The van der Waals surface area contributed by atoms with Crippen molar-refractivity contribution >= 4 is 23.1 Å². The Morgan fingerprint density at radius 1 is 1.11 bits per heavy atom. The van der Waals surface area contributed by atoms with E-state index in [2.05, 4.69) is 5.32 Å². The molecule has 0 saturated carbocycles. The molecule has 2 heterocycles. The van der Waals surface area contributed by atoms with Gasteiger partial charge in [0.2, 0.25) is 0 Å². The lowest BCUT2D eigenvalue weighted by Gasteiger charge is -2.22. The Morgan fingerprint density at radius 3 is 2.48 bits per heavy atom. The monoisotopic (exact) mass is 394 g/mol. The van der Waals surface area contributed by atoms with Crippen LogP contribution < -0.4 is 5.32 Å². The first-order valence-corrected chi connectivity index (χ1v) is 9.08. The maximum atomic E-state index is 12.7. The van der Waals surface area contributed by atoms with E-state index in [1.54, 1.807) is 28.4 Å². The fourth-order valence-corrected chi connectivity index (χ4v) is 3.19. The quantitative estimate of drug-likeness (QED) is 0.588. The predicted molar refractivity (Wildman–Crippen MR) is 97.6 cm³/mol. The van der Waals surface area contributed by atoms with Crippen molar-refractivity contribution in [3.63, 3.8) is 0 Å². The van der Waals surface area contributed by atoms with Crippen LogP contribution in [0.3, 0.4) is 0 Å². The van der Waals surface area contributed by atoms with Crippen LogP contribution >= 0.6 is 11.3 Å². The molecule has 0 unspecified atom stereocenters. The highest BCUT2D eigenvalue weighted by Gasteiger charge is 2.30. The van der Waals surface area contributed by atoms with Crippen LogP contribution in [0.4, 0.5) is 23.7 Å². The molecule has 0 aliphatic heterocycles. The van der Waals surface area contributed by atoms with Crippen molar-refractivity contribution in [3.8, 4) is 0 Å². The van der Waals surface area contributed by atoms with Crippen molar-refractivity contribution in [1.29, 1.82) is 0 Å². The smallest absolute Gasteiger partial charge is 0.416 e. The Hall–Kier alpha value is -2.74. The molecule has 27 heavy (non-hydrogen) atoms. The second-order valence-corrected chi connectivity index (χ2v) is 6.87. The van der Waals surface area contributed by atoms with Gasteiger partial charge < -0.3 is 14.6 Å². The Labute approximate surface area is 158 Å². The molecule has 142 valence electrons. The maximum absolute atomic E-state index is 12.7. The number of rotatable bonds is 6. The van der Waals surface area contributed by atoms with E-state index in [4.69, 9.17) is 4.42 Å². The van der Waals surface area contributed by atoms with Crippen molar-refractivity contribution < 1.29 is 22.4 Å². The highest BCUT2D eigenvalue weighted by atomic mass is 32.1. The van der Waals surface area contributed by atoms with Crippen molar-refractivity contribution in [2.75, 3.05) is 11.9 Å². The molecule has 1 N–H and O–H groups in total. The number of thiophene rings is 1. The van der Waals surface area contributed by atoms with Gasteiger partial charge in [0.05, 0.1) is 18.4 Å². The molecule has 0 atom stereocenters. The SMILES string of the molecule is O=C(Nc1ccc(C(F)(F)F)cc1)N(CCc1cccs1)Cc1ccco1. The average molecular weight is 394 g/mol. The number of carbonyl (C=O) groups is 1. The first-order chi connectivity index (χ1) is 12.9. The summed E-state index contributed by atoms with van der Waals surface area (Å²) < 4.78 is 43.3. The molecule has 3 rings (SSSR count). The van der Waals surface area contributed by atoms with Gasteiger partial charge in [-0.3, -0.25) is 0 Å². The van der Waals surface area contributed by atoms with E-state index >= 15 is 0 Å². The van der Waals surface area contributed by atoms with E-state index in [1.165, 1.54) is 18.4 Å². The Bertz CT molecular complexity index is 844. The van der Waals surface area contributed by atoms with E-state index in [9.17, 15) is 18.0 Å². The van der Waals surface area contributed by atoms with Crippen molar-refractivity contribution in [3.05, 3.63) is 76.4 Å². The predicted octanol–water partition coefficient (Wildman–Crippen LogP) is 5.64. The number of anilines is 1. The van der Waals surface area contributed by atoms with Crippen molar-refractivity contribution in [2.45, 2.75) is 19.1 Å². The molecule has 0 spiro atoms. The Kier molecular flexibility index (Phi) is 5.85. The van der Waals surface area contributed by atoms with Gasteiger partial charge in [0.1, 0.15) is 5.76 Å². The summed E-state index contributed by atoms with van der Waals surface area (Å²) in [5.41, 5.74) is -0.459. The number of furan rings is 1. The zero-order valence-corrected chi connectivity index (χ0v) is 15.0. The molecule has 0 fully saturated rings. The number of alkyl halides is 3. The minimum absolute atomic E-state index is 0.269. The first-order valence-electron chi connectivity index (χ1n) is 8.20. The van der Waals surface area contributed by atoms with Crippen LogP contribution in [0.5, 0.6) is 0 Å². The number of nitrogens with one attached hydrogen (secondary N) is 1. The van der Waals surface area contributed by atoms with Crippen LogP contribution in [0.25, 0.3) is 0 Å². The molecule has 0 aliphatic rings. The van der Waals surface area contributed by atoms with E-state index in [0.717, 1.165) is 17.0 Å². The lowest BCUT2D eigenvalue weighted by atomic mass is 10.2. The minimum Gasteiger partial charge on any atom is -0.467 e. The Balaban J connectivity index is 1.67. The van der Waals surface area contributed by atoms with Crippen LogP contribution in [0, 0.1) is 0 Å². The maximum Gasteiger partial charge on any atom is 0.416 e. The number of halogens is 3. The Morgan fingerprint density at radius 2 is 1.89 bits per heavy atom. The first kappa shape index (κ1) is 19.0. The van der Waals surface area contributed by atoms with Gasteiger partial charge in [-0.25, -0.2) is 4.79 Å². The van der Waals surface area contributed by atoms with Crippen LogP contribution in [0.2, 0.25) is 0 Å². The summed E-state index contributed by atoms with van der Waals surface area (Å²) in [7, 11) is 0. The lowest BCUT2D eigenvalue weighted by molar-refractivity contribution is -0.137. The zero-order chi connectivity index (χ0) is 19.3. The molecule has 8 heteroatoms. The summed E-state index contributed by atoms with van der Waals surface area (Å²) in [4.78, 5) is 15.3. The summed E-state index contributed by atoms with van der Waals surface area (Å²) in [5, 5.41) is 4.61. The van der Waals surface area contributed by atoms with Crippen molar-refractivity contribution in [2.24, 2.45) is 0 Å². The second-order valence-electron chi connectivity index (χ2n) is 5.84. The zero-order valence-electron chi connectivity index (χ0n) is 14.2. The van der Waals surface area contributed by atoms with E-state index < -0.39 is 17.8 Å². The van der Waals surface area contributed by atoms with E-state index in [0.29, 0.717) is 24.4 Å². The summed E-state index contributed by atoms with van der Waals surface area (Å²) >= 11 is 1.60. The molecule has 2 amide bonds. The van der Waals surface area contributed by atoms with E-state index in [1.807, 2.05) is 17.5 Å². The molecule has 0 bridgehead atoms. The molecule has 3 aromatic rings. The molecule has 1 aromatic carbocycles. The minimum atomic E-state index is -4.41. The fraction of sp³-hybridized carbons (Fsp3) is 0.211. The number of hydrogen-bond acceptors (Lipinski definition) is 3. The largest absolute Gasteiger partial charge is 0.467 e. The van der Waals surface area contributed by atoms with Crippen LogP contribution in [-0.2, 0) is 19.1 Å². The molecule has 0 aliphatic carbocycles. The third kappa shape index (κ3) is 5.37. The molecule has 2 aromatic heterocycles. The van der Waals surface area contributed by atoms with Gasteiger partial charge in [0, 0.05) is 17.1 Å². The molecular formula is C19H17F3N2O2S. The number of hydrogen-bond donors (Lipinski definition) is 1. The third-order valence-electron chi connectivity index (χ3n) is 3.89. The number of amides is 2. The van der Waals surface area contributed by atoms with Gasteiger partial charge >= 0.3 is 12.2 Å². The molecule has 0 radical (unpaired) electrons. The van der Waals surface area contributed by atoms with Gasteiger partial charge in [0.25, 0.3) is 0 Å². The van der Waals surface area contributed by atoms with Crippen LogP contribution in [0.15, 0.2) is 64.6 Å². The topological polar surface area (TPSA) is 45.5 Å².